The van der Waals surface area contributed by atoms with Gasteiger partial charge in [-0.2, -0.15) is 26.6 Å². The van der Waals surface area contributed by atoms with Gasteiger partial charge in [-0.3, -0.25) is 4.90 Å². The van der Waals surface area contributed by atoms with Crippen LogP contribution in [-0.2, 0) is 14.9 Å². The number of piperazine rings is 1. The average Bonchev–Trinajstić information content (AvgIpc) is 2.64. The van der Waals surface area contributed by atoms with Gasteiger partial charge in [-0.1, -0.05) is 0 Å². The monoisotopic (exact) mass is 490 g/mol. The van der Waals surface area contributed by atoms with Gasteiger partial charge < -0.3 is 13.8 Å². The van der Waals surface area contributed by atoms with Crippen LogP contribution in [0.4, 0.5) is 23.7 Å². The summed E-state index contributed by atoms with van der Waals surface area (Å²) in [6.45, 7) is 10.3. The van der Waals surface area contributed by atoms with Crippen LogP contribution in [0.5, 0.6) is 5.88 Å². The van der Waals surface area contributed by atoms with E-state index in [0.29, 0.717) is 18.5 Å². The van der Waals surface area contributed by atoms with Gasteiger partial charge in [-0.05, 0) is 46.8 Å². The lowest BCUT2D eigenvalue weighted by Crippen LogP contribution is -2.59. The van der Waals surface area contributed by atoms with Crippen LogP contribution >= 0.6 is 0 Å². The van der Waals surface area contributed by atoms with Gasteiger partial charge in [-0.15, -0.1) is 0 Å². The van der Waals surface area contributed by atoms with Crippen molar-refractivity contribution in [2.75, 3.05) is 18.0 Å². The normalized spacial score (nSPS) is 20.1. The third-order valence-electron chi connectivity index (χ3n) is 4.87. The number of ether oxygens (including phenoxy) is 1. The van der Waals surface area contributed by atoms with Gasteiger partial charge in [0, 0.05) is 24.5 Å². The fourth-order valence-corrected chi connectivity index (χ4v) is 3.98. The molecule has 2 aromatic heterocycles. The van der Waals surface area contributed by atoms with Crippen LogP contribution in [0.25, 0.3) is 11.0 Å². The maximum Gasteiger partial charge on any atom is 0.534 e. The first-order valence-electron chi connectivity index (χ1n) is 10.1. The summed E-state index contributed by atoms with van der Waals surface area (Å²) in [6.07, 6.45) is 1.10. The summed E-state index contributed by atoms with van der Waals surface area (Å²) in [5.41, 5.74) is -5.41. The predicted octanol–water partition coefficient (Wildman–Crippen LogP) is 3.69. The second-order valence-corrected chi connectivity index (χ2v) is 10.4. The zero-order chi connectivity index (χ0) is 24.8. The molecule has 0 saturated carbocycles. The number of hydrogen-bond acceptors (Lipinski definition) is 8. The van der Waals surface area contributed by atoms with Crippen molar-refractivity contribution in [1.82, 2.24) is 14.9 Å². The van der Waals surface area contributed by atoms with Gasteiger partial charge in [0.15, 0.2) is 5.65 Å². The zero-order valence-electron chi connectivity index (χ0n) is 18.8. The standard InChI is InChI=1S/C20H25F3N4O5S/c1-12-10-26(11-13(2)27(12)18(28)31-19(3,4)5)15-8-14-6-7-16(25-17(14)24-9-15)32-33(29,30)20(21,22)23/h6-9,12-13H,10-11H2,1-5H3/t12-,13+. The van der Waals surface area contributed by atoms with Crippen molar-refractivity contribution in [3.05, 3.63) is 24.4 Å². The Bertz CT molecular complexity index is 1140. The molecule has 2 aromatic rings. The number of halogens is 3. The maximum absolute atomic E-state index is 12.6. The maximum atomic E-state index is 12.6. The lowest BCUT2D eigenvalue weighted by atomic mass is 10.1. The lowest BCUT2D eigenvalue weighted by molar-refractivity contribution is -0.0501. The van der Waals surface area contributed by atoms with Gasteiger partial charge in [0.05, 0.1) is 24.0 Å². The summed E-state index contributed by atoms with van der Waals surface area (Å²) in [5, 5.41) is 0.485. The number of rotatable bonds is 3. The largest absolute Gasteiger partial charge is 0.534 e. The fraction of sp³-hybridized carbons (Fsp3) is 0.550. The number of carbonyl (C=O) groups excluding carboxylic acids is 1. The van der Waals surface area contributed by atoms with Crippen molar-refractivity contribution in [3.8, 4) is 5.88 Å². The summed E-state index contributed by atoms with van der Waals surface area (Å²) in [7, 11) is -5.82. The molecule has 0 radical (unpaired) electrons. The van der Waals surface area contributed by atoms with E-state index in [2.05, 4.69) is 14.2 Å². The SMILES string of the molecule is C[C@@H]1CN(c2cnc3nc(OS(=O)(=O)C(F)(F)F)ccc3c2)C[C@H](C)N1C(=O)OC(C)(C)C. The molecule has 1 fully saturated rings. The van der Waals surface area contributed by atoms with Crippen LogP contribution in [0.2, 0.25) is 0 Å². The highest BCUT2D eigenvalue weighted by Crippen LogP contribution is 2.29. The molecule has 0 N–H and O–H groups in total. The molecule has 0 unspecified atom stereocenters. The van der Waals surface area contributed by atoms with E-state index < -0.39 is 27.1 Å². The van der Waals surface area contributed by atoms with Gasteiger partial charge in [0.1, 0.15) is 5.60 Å². The van der Waals surface area contributed by atoms with Crippen LogP contribution in [0.3, 0.4) is 0 Å². The van der Waals surface area contributed by atoms with Gasteiger partial charge in [-0.25, -0.2) is 9.78 Å². The molecule has 9 nitrogen and oxygen atoms in total. The average molecular weight is 491 g/mol. The van der Waals surface area contributed by atoms with Gasteiger partial charge in [0.25, 0.3) is 0 Å². The summed E-state index contributed by atoms with van der Waals surface area (Å²) >= 11 is 0. The Hall–Kier alpha value is -2.83. The molecule has 0 bridgehead atoms. The molecule has 0 spiro atoms. The van der Waals surface area contributed by atoms with Crippen LogP contribution in [0.15, 0.2) is 24.4 Å². The second-order valence-electron chi connectivity index (χ2n) is 8.86. The molecule has 13 heteroatoms. The Morgan fingerprint density at radius 1 is 1.12 bits per heavy atom. The van der Waals surface area contributed by atoms with Crippen molar-refractivity contribution < 1.29 is 35.3 Å². The van der Waals surface area contributed by atoms with Crippen molar-refractivity contribution in [2.45, 2.75) is 57.8 Å². The Kier molecular flexibility index (Phi) is 6.39. The lowest BCUT2D eigenvalue weighted by Gasteiger charge is -2.45. The smallest absolute Gasteiger partial charge is 0.444 e. The number of aromatic nitrogens is 2. The van der Waals surface area contributed by atoms with E-state index >= 15 is 0 Å². The van der Waals surface area contributed by atoms with E-state index in [4.69, 9.17) is 4.74 Å². The summed E-state index contributed by atoms with van der Waals surface area (Å²) < 4.78 is 69.5. The van der Waals surface area contributed by atoms with E-state index in [9.17, 15) is 26.4 Å². The molecular formula is C20H25F3N4O5S. The molecule has 182 valence electrons. The number of anilines is 1. The number of hydrogen-bond donors (Lipinski definition) is 0. The Morgan fingerprint density at radius 2 is 1.73 bits per heavy atom. The molecule has 2 atom stereocenters. The minimum atomic E-state index is -5.82. The predicted molar refractivity (Wildman–Crippen MR) is 114 cm³/mol. The summed E-state index contributed by atoms with van der Waals surface area (Å²) in [5.74, 6) is -0.728. The quantitative estimate of drug-likeness (QED) is 0.474. The number of carbonyl (C=O) groups is 1. The highest BCUT2D eigenvalue weighted by molar-refractivity contribution is 7.87. The first-order chi connectivity index (χ1) is 15.1. The first kappa shape index (κ1) is 24.8. The molecule has 3 heterocycles. The van der Waals surface area contributed by atoms with Crippen LogP contribution in [-0.4, -0.2) is 65.7 Å². The Balaban J connectivity index is 1.78. The molecule has 0 aliphatic carbocycles. The second kappa shape index (κ2) is 8.50. The van der Waals surface area contributed by atoms with Crippen LogP contribution in [0, 0.1) is 0 Å². The highest BCUT2D eigenvalue weighted by atomic mass is 32.2. The topological polar surface area (TPSA) is 102 Å². The third-order valence-corrected chi connectivity index (χ3v) is 5.83. The number of nitrogens with zero attached hydrogens (tertiary/aromatic N) is 4. The van der Waals surface area contributed by atoms with E-state index in [1.54, 1.807) is 31.7 Å². The van der Waals surface area contributed by atoms with Gasteiger partial charge >= 0.3 is 21.7 Å². The molecule has 33 heavy (non-hydrogen) atoms. The van der Waals surface area contributed by atoms with Crippen LogP contribution in [0.1, 0.15) is 34.6 Å². The Labute approximate surface area is 189 Å². The van der Waals surface area contributed by atoms with Crippen LogP contribution < -0.4 is 9.08 Å². The van der Waals surface area contributed by atoms with Crippen molar-refractivity contribution in [2.24, 2.45) is 0 Å². The number of amides is 1. The van der Waals surface area contributed by atoms with Crippen molar-refractivity contribution >= 4 is 32.9 Å². The molecule has 3 rings (SSSR count). The number of pyridine rings is 2. The van der Waals surface area contributed by atoms with E-state index in [0.717, 1.165) is 11.8 Å². The number of alkyl halides is 3. The van der Waals surface area contributed by atoms with Gasteiger partial charge in [0.2, 0.25) is 5.88 Å². The molecular weight excluding hydrogens is 465 g/mol. The zero-order valence-corrected chi connectivity index (χ0v) is 19.6. The molecule has 1 aliphatic rings. The molecule has 1 saturated heterocycles. The molecule has 1 amide bonds. The molecule has 1 aliphatic heterocycles. The first-order valence-corrected chi connectivity index (χ1v) is 11.5. The van der Waals surface area contributed by atoms with E-state index in [-0.39, 0.29) is 23.8 Å². The molecule has 0 aromatic carbocycles. The fourth-order valence-electron chi connectivity index (χ4n) is 3.57. The van der Waals surface area contributed by atoms with E-state index in [1.807, 2.05) is 18.7 Å². The van der Waals surface area contributed by atoms with E-state index in [1.165, 1.54) is 12.3 Å². The summed E-state index contributed by atoms with van der Waals surface area (Å²) in [4.78, 5) is 24.2. The summed E-state index contributed by atoms with van der Waals surface area (Å²) in [6, 6.07) is 3.84. The number of fused-ring (bicyclic) bond motifs is 1. The minimum Gasteiger partial charge on any atom is -0.444 e. The minimum absolute atomic E-state index is 0.0297. The third kappa shape index (κ3) is 5.57. The van der Waals surface area contributed by atoms with Crippen molar-refractivity contribution in [1.29, 1.82) is 0 Å². The highest BCUT2D eigenvalue weighted by Gasteiger charge is 2.49. The Morgan fingerprint density at radius 3 is 2.27 bits per heavy atom. The van der Waals surface area contributed by atoms with Crippen molar-refractivity contribution in [3.63, 3.8) is 0 Å².